The van der Waals surface area contributed by atoms with Crippen molar-refractivity contribution in [3.05, 3.63) is 71.3 Å². The van der Waals surface area contributed by atoms with Crippen molar-refractivity contribution in [2.75, 3.05) is 6.61 Å². The monoisotopic (exact) mass is 323 g/mol. The van der Waals surface area contributed by atoms with E-state index in [0.717, 1.165) is 5.56 Å². The van der Waals surface area contributed by atoms with Crippen LogP contribution in [0.3, 0.4) is 0 Å². The molecule has 120 valence electrons. The van der Waals surface area contributed by atoms with Gasteiger partial charge in [0.1, 0.15) is 12.4 Å². The van der Waals surface area contributed by atoms with E-state index >= 15 is 0 Å². The molecule has 0 atom stereocenters. The van der Waals surface area contributed by atoms with Gasteiger partial charge in [-0.2, -0.15) is 4.98 Å². The summed E-state index contributed by atoms with van der Waals surface area (Å²) in [6.07, 6.45) is 1.65. The average Bonchev–Trinajstić information content (AvgIpc) is 3.10. The normalized spacial score (nSPS) is 10.3. The topological polar surface area (TPSA) is 91.3 Å². The van der Waals surface area contributed by atoms with Crippen LogP contribution in [-0.4, -0.2) is 21.7 Å². The van der Waals surface area contributed by atoms with Gasteiger partial charge in [-0.1, -0.05) is 36.0 Å². The summed E-state index contributed by atoms with van der Waals surface area (Å²) in [4.78, 5) is 14.7. The largest absolute Gasteiger partial charge is 0.490 e. The summed E-state index contributed by atoms with van der Waals surface area (Å²) in [6.45, 7) is 4.00. The van der Waals surface area contributed by atoms with E-state index in [1.807, 2.05) is 18.2 Å². The van der Waals surface area contributed by atoms with Crippen molar-refractivity contribution in [3.8, 4) is 28.6 Å². The molecule has 0 amide bonds. The molecule has 0 spiro atoms. The highest BCUT2D eigenvalue weighted by molar-refractivity contribution is 5.62. The number of nitro groups is 1. The van der Waals surface area contributed by atoms with Crippen molar-refractivity contribution in [2.24, 2.45) is 0 Å². The number of non-ortho nitro benzene ring substituents is 1. The zero-order valence-corrected chi connectivity index (χ0v) is 12.6. The van der Waals surface area contributed by atoms with Gasteiger partial charge < -0.3 is 9.26 Å². The van der Waals surface area contributed by atoms with Crippen LogP contribution in [0.5, 0.6) is 5.75 Å². The maximum absolute atomic E-state index is 10.9. The molecule has 1 heterocycles. The zero-order valence-electron chi connectivity index (χ0n) is 12.6. The molecule has 0 saturated heterocycles. The highest BCUT2D eigenvalue weighted by Gasteiger charge is 2.14. The predicted molar refractivity (Wildman–Crippen MR) is 87.5 cm³/mol. The van der Waals surface area contributed by atoms with Gasteiger partial charge in [0, 0.05) is 23.3 Å². The van der Waals surface area contributed by atoms with Crippen molar-refractivity contribution in [3.63, 3.8) is 0 Å². The lowest BCUT2D eigenvalue weighted by Crippen LogP contribution is -1.92. The van der Waals surface area contributed by atoms with Gasteiger partial charge in [0.05, 0.1) is 4.92 Å². The van der Waals surface area contributed by atoms with E-state index in [4.69, 9.17) is 9.26 Å². The van der Waals surface area contributed by atoms with Crippen LogP contribution in [0.25, 0.3) is 22.8 Å². The van der Waals surface area contributed by atoms with Crippen LogP contribution in [-0.2, 0) is 0 Å². The lowest BCUT2D eigenvalue weighted by molar-refractivity contribution is -0.384. The molecular weight excluding hydrogens is 310 g/mol. The number of aromatic nitrogens is 2. The minimum absolute atomic E-state index is 0.0351. The van der Waals surface area contributed by atoms with Gasteiger partial charge in [0.2, 0.25) is 5.82 Å². The Bertz CT molecular complexity index is 889. The van der Waals surface area contributed by atoms with E-state index in [1.54, 1.807) is 24.3 Å². The smallest absolute Gasteiger partial charge is 0.270 e. The number of nitro benzene ring substituents is 1. The molecule has 3 rings (SSSR count). The maximum Gasteiger partial charge on any atom is 0.270 e. The first kappa shape index (κ1) is 15.4. The van der Waals surface area contributed by atoms with E-state index in [0.29, 0.717) is 23.7 Å². The second-order valence-electron chi connectivity index (χ2n) is 4.86. The summed E-state index contributed by atoms with van der Waals surface area (Å²) >= 11 is 0. The van der Waals surface area contributed by atoms with Gasteiger partial charge in [-0.15, -0.1) is 0 Å². The first-order valence-electron chi connectivity index (χ1n) is 7.10. The molecule has 3 aromatic rings. The molecular formula is C17H13N3O4. The minimum atomic E-state index is -0.471. The highest BCUT2D eigenvalue weighted by atomic mass is 16.6. The van der Waals surface area contributed by atoms with Crippen molar-refractivity contribution >= 4 is 5.69 Å². The number of rotatable bonds is 6. The van der Waals surface area contributed by atoms with Crippen molar-refractivity contribution in [1.29, 1.82) is 0 Å². The van der Waals surface area contributed by atoms with Crippen LogP contribution in [0.2, 0.25) is 0 Å². The molecule has 0 aliphatic carbocycles. The third-order valence-corrected chi connectivity index (χ3v) is 3.19. The Hall–Kier alpha value is -3.48. The summed E-state index contributed by atoms with van der Waals surface area (Å²) in [7, 11) is 0. The van der Waals surface area contributed by atoms with Crippen molar-refractivity contribution in [2.45, 2.75) is 0 Å². The molecule has 0 aliphatic heterocycles. The van der Waals surface area contributed by atoms with E-state index < -0.39 is 4.92 Å². The van der Waals surface area contributed by atoms with Crippen molar-refractivity contribution < 1.29 is 14.2 Å². The summed E-state index contributed by atoms with van der Waals surface area (Å²) in [5.74, 6) is 1.25. The Kier molecular flexibility index (Phi) is 4.33. The van der Waals surface area contributed by atoms with Crippen LogP contribution < -0.4 is 4.74 Å². The van der Waals surface area contributed by atoms with Crippen LogP contribution in [0.4, 0.5) is 5.69 Å². The number of hydrogen-bond acceptors (Lipinski definition) is 6. The second kappa shape index (κ2) is 6.74. The second-order valence-corrected chi connectivity index (χ2v) is 4.86. The standard InChI is InChI=1S/C17H13N3O4/c1-2-9-23-15-8-4-5-12(11-15)16-18-17(24-19-16)13-6-3-7-14(10-13)20(21)22/h2-8,10-11H,1,9H2. The van der Waals surface area contributed by atoms with Crippen LogP contribution in [0.15, 0.2) is 65.7 Å². The maximum atomic E-state index is 10.9. The van der Waals surface area contributed by atoms with Gasteiger partial charge in [-0.05, 0) is 18.2 Å². The number of nitrogens with zero attached hydrogens (tertiary/aromatic N) is 3. The van der Waals surface area contributed by atoms with Gasteiger partial charge >= 0.3 is 0 Å². The van der Waals surface area contributed by atoms with E-state index in [-0.39, 0.29) is 11.6 Å². The predicted octanol–water partition coefficient (Wildman–Crippen LogP) is 3.88. The number of benzene rings is 2. The fourth-order valence-electron chi connectivity index (χ4n) is 2.09. The average molecular weight is 323 g/mol. The molecule has 1 aromatic heterocycles. The molecule has 7 nitrogen and oxygen atoms in total. The van der Waals surface area contributed by atoms with Gasteiger partial charge in [0.25, 0.3) is 11.6 Å². The molecule has 0 fully saturated rings. The zero-order chi connectivity index (χ0) is 16.9. The Labute approximate surface area is 137 Å². The molecule has 2 aromatic carbocycles. The molecule has 0 N–H and O–H groups in total. The molecule has 24 heavy (non-hydrogen) atoms. The fourth-order valence-corrected chi connectivity index (χ4v) is 2.09. The third-order valence-electron chi connectivity index (χ3n) is 3.19. The Morgan fingerprint density at radius 1 is 1.21 bits per heavy atom. The van der Waals surface area contributed by atoms with Gasteiger partial charge in [0.15, 0.2) is 0 Å². The highest BCUT2D eigenvalue weighted by Crippen LogP contribution is 2.26. The summed E-state index contributed by atoms with van der Waals surface area (Å²) < 4.78 is 10.7. The first-order valence-corrected chi connectivity index (χ1v) is 7.10. The lowest BCUT2D eigenvalue weighted by atomic mass is 10.2. The van der Waals surface area contributed by atoms with E-state index in [2.05, 4.69) is 16.7 Å². The van der Waals surface area contributed by atoms with Crippen LogP contribution >= 0.6 is 0 Å². The molecule has 7 heteroatoms. The van der Waals surface area contributed by atoms with E-state index in [1.165, 1.54) is 12.1 Å². The summed E-state index contributed by atoms with van der Waals surface area (Å²) in [5, 5.41) is 14.8. The molecule has 0 radical (unpaired) electrons. The quantitative estimate of drug-likeness (QED) is 0.388. The Morgan fingerprint density at radius 2 is 2.00 bits per heavy atom. The Morgan fingerprint density at radius 3 is 2.79 bits per heavy atom. The van der Waals surface area contributed by atoms with Crippen LogP contribution in [0, 0.1) is 10.1 Å². The molecule has 0 bridgehead atoms. The first-order chi connectivity index (χ1) is 11.7. The third kappa shape index (κ3) is 3.30. The van der Waals surface area contributed by atoms with Gasteiger partial charge in [-0.3, -0.25) is 10.1 Å². The van der Waals surface area contributed by atoms with Crippen molar-refractivity contribution in [1.82, 2.24) is 10.1 Å². The molecule has 0 aliphatic rings. The lowest BCUT2D eigenvalue weighted by Gasteiger charge is -2.03. The Balaban J connectivity index is 1.89. The number of hydrogen-bond donors (Lipinski definition) is 0. The SMILES string of the molecule is C=CCOc1cccc(-c2noc(-c3cccc([N+](=O)[O-])c3)n2)c1. The van der Waals surface area contributed by atoms with Crippen LogP contribution in [0.1, 0.15) is 0 Å². The molecule has 0 unspecified atom stereocenters. The number of ether oxygens (including phenoxy) is 1. The summed E-state index contributed by atoms with van der Waals surface area (Å²) in [5.41, 5.74) is 1.17. The van der Waals surface area contributed by atoms with Gasteiger partial charge in [-0.25, -0.2) is 0 Å². The minimum Gasteiger partial charge on any atom is -0.490 e. The molecule has 0 saturated carbocycles. The summed E-state index contributed by atoms with van der Waals surface area (Å²) in [6, 6.07) is 13.3. The van der Waals surface area contributed by atoms with E-state index in [9.17, 15) is 10.1 Å². The fraction of sp³-hybridized carbons (Fsp3) is 0.0588.